The van der Waals surface area contributed by atoms with Gasteiger partial charge in [-0.05, 0) is 145 Å². The summed E-state index contributed by atoms with van der Waals surface area (Å²) in [4.78, 5) is 241. The summed E-state index contributed by atoms with van der Waals surface area (Å²) in [6.45, 7) is 5.80. The van der Waals surface area contributed by atoms with Crippen molar-refractivity contribution in [2.45, 2.75) is 272 Å². The fourth-order valence-corrected chi connectivity index (χ4v) is 19.5. The normalized spacial score (nSPS) is 28.4. The molecule has 37 nitrogen and oxygen atoms in total. The van der Waals surface area contributed by atoms with Gasteiger partial charge in [0.15, 0.2) is 0 Å². The van der Waals surface area contributed by atoms with E-state index in [1.165, 1.54) is 25.6 Å². The van der Waals surface area contributed by atoms with E-state index in [0.717, 1.165) is 97.1 Å². The van der Waals surface area contributed by atoms with E-state index in [4.69, 9.17) is 17.2 Å². The van der Waals surface area contributed by atoms with Crippen LogP contribution in [0.25, 0.3) is 0 Å². The molecule has 0 bridgehead atoms. The first-order valence-corrected chi connectivity index (χ1v) is 43.9. The van der Waals surface area contributed by atoms with Crippen LogP contribution in [0.2, 0.25) is 0 Å². The second kappa shape index (κ2) is 46.0. The summed E-state index contributed by atoms with van der Waals surface area (Å²) in [6.07, 6.45) is 10.4. The fraction of sp³-hybridized carbons (Fsp3) is 0.770. The van der Waals surface area contributed by atoms with E-state index < -0.39 is 223 Å². The van der Waals surface area contributed by atoms with Gasteiger partial charge in [0.1, 0.15) is 78.5 Å². The van der Waals surface area contributed by atoms with Gasteiger partial charge in [0, 0.05) is 43.5 Å². The number of aliphatic hydroxyl groups excluding tert-OH is 1. The van der Waals surface area contributed by atoms with E-state index >= 15 is 28.8 Å². The number of nitrogens with one attached hydrogen (secondary N) is 14. The third-order valence-corrected chi connectivity index (χ3v) is 25.7. The molecule has 0 aromatic heterocycles. The number of carbonyl (C=O) groups excluding carboxylic acids is 16. The maximum atomic E-state index is 15.6. The Morgan fingerprint density at radius 2 is 1.08 bits per heavy atom. The zero-order valence-corrected chi connectivity index (χ0v) is 68.2. The lowest BCUT2D eigenvalue weighted by molar-refractivity contribution is -0.142. The molecule has 0 radical (unpaired) electrons. The van der Waals surface area contributed by atoms with Crippen molar-refractivity contribution >= 4 is 134 Å². The fourth-order valence-electron chi connectivity index (χ4n) is 16.7. The SMILES string of the molecule is CSCC[C@H](NC(C)=O)C(=O)N[C@@H](CO)C(=O)N[C@@H](C)C(=O)N[C@H]1CSSC[C@@H](C(=O)N2CCC[C@H]2C(=O)N[C@@H](CC2CCCCC2)C(=O)N[C@@H](CC(=O)O)C(N)=O)NC(=O)[C@H](CC(N)=O)NC(=O)[C@H](CC2CNC3CCCCC23)NC(=O)[C@H](CCC(N)=O)NC(=O)[C@H](CC(C)C)NC(=O)[C@H](CC2CNC3CCCCC23)NC1=O. The van der Waals surface area contributed by atoms with Crippen LogP contribution in [0.15, 0.2) is 0 Å². The van der Waals surface area contributed by atoms with Gasteiger partial charge in [-0.15, -0.1) is 0 Å². The third kappa shape index (κ3) is 28.7. The maximum Gasteiger partial charge on any atom is 0.305 e. The van der Waals surface area contributed by atoms with Crippen LogP contribution in [0, 0.1) is 35.5 Å². The molecule has 4 heterocycles. The van der Waals surface area contributed by atoms with E-state index in [9.17, 15) is 63.0 Å². The van der Waals surface area contributed by atoms with Crippen LogP contribution in [0.4, 0.5) is 0 Å². The predicted octanol–water partition coefficient (Wildman–Crippen LogP) is -3.57. The monoisotopic (exact) mass is 1660 g/mol. The van der Waals surface area contributed by atoms with Gasteiger partial charge < -0.3 is 107 Å². The Hall–Kier alpha value is -8.08. The average molecular weight is 1660 g/mol. The molecule has 7 aliphatic rings. The molecule has 7 rings (SSSR count). The molecule has 638 valence electrons. The van der Waals surface area contributed by atoms with Gasteiger partial charge in [-0.2, -0.15) is 11.8 Å². The number of thioether (sulfide) groups is 1. The molecule has 4 saturated heterocycles. The van der Waals surface area contributed by atoms with Crippen LogP contribution in [0.3, 0.4) is 0 Å². The Morgan fingerprint density at radius 1 is 0.553 bits per heavy atom. The number of primary amides is 3. The second-order valence-electron chi connectivity index (χ2n) is 31.8. The quantitative estimate of drug-likeness (QED) is 0.0290. The van der Waals surface area contributed by atoms with Crippen LogP contribution < -0.4 is 91.6 Å². The predicted molar refractivity (Wildman–Crippen MR) is 422 cm³/mol. The molecule has 16 amide bonds. The van der Waals surface area contributed by atoms with Gasteiger partial charge >= 0.3 is 5.97 Å². The Kier molecular flexibility index (Phi) is 37.6. The van der Waals surface area contributed by atoms with Crippen molar-refractivity contribution in [3.8, 4) is 0 Å². The Labute approximate surface area is 676 Å². The van der Waals surface area contributed by atoms with E-state index in [2.05, 4.69) is 74.4 Å². The summed E-state index contributed by atoms with van der Waals surface area (Å²) in [5.41, 5.74) is 17.0. The molecular formula is C74H120N18O19S3. The van der Waals surface area contributed by atoms with Crippen LogP contribution in [-0.2, 0) is 81.5 Å². The van der Waals surface area contributed by atoms with Crippen molar-refractivity contribution in [3.05, 3.63) is 0 Å². The maximum absolute atomic E-state index is 15.6. The highest BCUT2D eigenvalue weighted by Gasteiger charge is 2.46. The molecule has 0 aromatic rings. The highest BCUT2D eigenvalue weighted by atomic mass is 33.1. The molecule has 114 heavy (non-hydrogen) atoms. The van der Waals surface area contributed by atoms with Gasteiger partial charge in [0.2, 0.25) is 94.5 Å². The summed E-state index contributed by atoms with van der Waals surface area (Å²) in [5, 5.41) is 58.6. The van der Waals surface area contributed by atoms with Crippen molar-refractivity contribution < 1.29 is 91.7 Å². The van der Waals surface area contributed by atoms with Crippen molar-refractivity contribution in [3.63, 3.8) is 0 Å². The lowest BCUT2D eigenvalue weighted by Crippen LogP contribution is -2.61. The first-order valence-electron chi connectivity index (χ1n) is 40.0. The molecule has 3 aliphatic carbocycles. The number of rotatable bonds is 32. The van der Waals surface area contributed by atoms with Crippen LogP contribution in [0.1, 0.15) is 182 Å². The Balaban J connectivity index is 1.29. The average Bonchev–Trinajstić information content (AvgIpc) is 1.66. The zero-order valence-electron chi connectivity index (χ0n) is 65.8. The number of hydrogen-bond acceptors (Lipinski definition) is 23. The molecule has 40 heteroatoms. The molecule has 0 aromatic carbocycles. The molecule has 0 spiro atoms. The minimum absolute atomic E-state index is 0.00299. The minimum atomic E-state index is -1.89. The molecule has 19 atom stereocenters. The number of carboxylic acids is 1. The standard InChI is InChI=1S/C74H120N18O19S3/c1-37(2)26-50-66(103)82-47(21-22-59(75)95)64(101)85-52(28-41-32-78-45-18-11-9-16-43(41)45)69(106)87-54(30-60(76)96)70(107)91-57(74(111)92-24-13-20-58(92)73(110)88-51(27-40-14-7-6-8-15-40)67(104)83-49(62(77)99)31-61(97)98)36-114-113-35-56(72(109)86-53(68(105)84-50)29-42-33-79-46-19-12-10-17-44(42)46)90-63(100)38(3)80-71(108)55(34-93)89-65(102)48(23-25-112-5)81-39(4)94/h37-38,40-58,78-79,93H,6-36H2,1-5H3,(H2,75,95)(H2,76,96)(H2,77,99)(H,80,108)(H,81,94)(H,82,103)(H,83,104)(H,84,105)(H,85,101)(H,86,109)(H,87,106)(H,88,110)(H,89,102)(H,90,100)(H,91,107)(H,97,98)/t38-,41?,42?,43?,44?,45?,46?,47-,48-,49-,50-,51-,52-,53-,54-,55-,56-,57-,58-/m0/s1. The van der Waals surface area contributed by atoms with Gasteiger partial charge in [0.25, 0.3) is 0 Å². The van der Waals surface area contributed by atoms with Gasteiger partial charge in [-0.1, -0.05) is 93.2 Å². The van der Waals surface area contributed by atoms with Crippen LogP contribution in [0.5, 0.6) is 0 Å². The number of carboxylic acid groups (broad SMARTS) is 1. The summed E-state index contributed by atoms with van der Waals surface area (Å²) < 4.78 is 0. The number of aliphatic hydroxyl groups is 1. The van der Waals surface area contributed by atoms with Gasteiger partial charge in [-0.25, -0.2) is 0 Å². The van der Waals surface area contributed by atoms with Crippen molar-refractivity contribution in [1.29, 1.82) is 0 Å². The number of nitrogens with two attached hydrogens (primary N) is 3. The molecular weight excluding hydrogens is 1540 g/mol. The lowest BCUT2D eigenvalue weighted by atomic mass is 9.77. The van der Waals surface area contributed by atoms with Crippen LogP contribution >= 0.6 is 33.3 Å². The summed E-state index contributed by atoms with van der Waals surface area (Å²) in [6, 6.07) is -19.8. The second-order valence-corrected chi connectivity index (χ2v) is 35.3. The van der Waals surface area contributed by atoms with Gasteiger partial charge in [-0.3, -0.25) is 81.5 Å². The van der Waals surface area contributed by atoms with Crippen molar-refractivity contribution in [2.75, 3.05) is 49.8 Å². The zero-order chi connectivity index (χ0) is 83.5. The smallest absolute Gasteiger partial charge is 0.305 e. The van der Waals surface area contributed by atoms with E-state index in [1.54, 1.807) is 20.1 Å². The summed E-state index contributed by atoms with van der Waals surface area (Å²) >= 11 is 1.39. The largest absolute Gasteiger partial charge is 0.481 e. The molecule has 7 fully saturated rings. The number of fused-ring (bicyclic) bond motifs is 2. The van der Waals surface area contributed by atoms with E-state index in [-0.39, 0.29) is 99.1 Å². The lowest BCUT2D eigenvalue weighted by Gasteiger charge is -2.32. The van der Waals surface area contributed by atoms with E-state index in [0.29, 0.717) is 31.7 Å². The molecule has 22 N–H and O–H groups in total. The Morgan fingerprint density at radius 3 is 1.65 bits per heavy atom. The summed E-state index contributed by atoms with van der Waals surface area (Å²) in [7, 11) is 1.74. The first kappa shape index (κ1) is 93.1. The Bertz CT molecular complexity index is 3430. The number of amides is 16. The highest BCUT2D eigenvalue weighted by molar-refractivity contribution is 8.76. The number of hydrogen-bond donors (Lipinski definition) is 19. The number of nitrogens with zero attached hydrogens (tertiary/aromatic N) is 1. The third-order valence-electron chi connectivity index (χ3n) is 22.6. The van der Waals surface area contributed by atoms with Crippen molar-refractivity contribution in [1.82, 2.24) is 79.3 Å². The molecule has 4 aliphatic heterocycles. The van der Waals surface area contributed by atoms with Crippen LogP contribution in [-0.4, -0.2) is 256 Å². The minimum Gasteiger partial charge on any atom is -0.481 e. The molecule has 3 saturated carbocycles. The number of aliphatic carboxylic acids is 1. The molecule has 6 unspecified atom stereocenters. The summed E-state index contributed by atoms with van der Waals surface area (Å²) in [5.74, 6) is -17.6. The highest BCUT2D eigenvalue weighted by Crippen LogP contribution is 2.39. The first-order chi connectivity index (χ1) is 54.2. The van der Waals surface area contributed by atoms with Crippen molar-refractivity contribution in [2.24, 2.45) is 52.7 Å². The topological polar surface area (TPSA) is 580 Å². The number of carbonyl (C=O) groups is 17. The number of likely N-dealkylation sites (tertiary alicyclic amines) is 1. The van der Waals surface area contributed by atoms with Gasteiger partial charge in [0.05, 0.1) is 19.4 Å². The van der Waals surface area contributed by atoms with E-state index in [1.807, 2.05) is 0 Å².